The highest BCUT2D eigenvalue weighted by Gasteiger charge is 2.32. The minimum Gasteiger partial charge on any atom is -0.273 e. The average molecular weight is 273 g/mol. The lowest BCUT2D eigenvalue weighted by molar-refractivity contribution is -0.117. The van der Waals surface area contributed by atoms with Gasteiger partial charge in [-0.3, -0.25) is 7.91 Å². The Kier molecular flexibility index (Phi) is 1.83. The standard InChI is InChI=1S/C9H8INO/c1-6-7-4-2-3-5-8(7)11(10)9(6)12/h2-6H,1H3. The molecule has 1 atom stereocenters. The van der Waals surface area contributed by atoms with E-state index in [0.29, 0.717) is 0 Å². The maximum absolute atomic E-state index is 11.5. The van der Waals surface area contributed by atoms with Crippen LogP contribution in [-0.2, 0) is 4.79 Å². The lowest BCUT2D eigenvalue weighted by Crippen LogP contribution is -2.16. The molecule has 0 aliphatic carbocycles. The normalized spacial score (nSPS) is 21.3. The molecule has 1 heterocycles. The first-order chi connectivity index (χ1) is 5.72. The van der Waals surface area contributed by atoms with Crippen molar-refractivity contribution in [1.29, 1.82) is 0 Å². The summed E-state index contributed by atoms with van der Waals surface area (Å²) < 4.78 is 1.69. The third-order valence-corrected chi connectivity index (χ3v) is 3.17. The zero-order valence-electron chi connectivity index (χ0n) is 6.62. The van der Waals surface area contributed by atoms with Crippen molar-refractivity contribution in [3.05, 3.63) is 29.8 Å². The molecule has 0 radical (unpaired) electrons. The maximum Gasteiger partial charge on any atom is 0.243 e. The van der Waals surface area contributed by atoms with Crippen LogP contribution in [0.2, 0.25) is 0 Å². The molecule has 1 aromatic rings. The molecule has 0 bridgehead atoms. The van der Waals surface area contributed by atoms with Gasteiger partial charge in [-0.1, -0.05) is 18.2 Å². The third kappa shape index (κ3) is 0.957. The van der Waals surface area contributed by atoms with Crippen LogP contribution in [0.15, 0.2) is 24.3 Å². The van der Waals surface area contributed by atoms with Crippen LogP contribution >= 0.6 is 22.9 Å². The quantitative estimate of drug-likeness (QED) is 0.525. The topological polar surface area (TPSA) is 20.3 Å². The summed E-state index contributed by atoms with van der Waals surface area (Å²) in [6, 6.07) is 7.91. The second-order valence-corrected chi connectivity index (χ2v) is 3.86. The summed E-state index contributed by atoms with van der Waals surface area (Å²) >= 11 is 2.05. The highest BCUT2D eigenvalue weighted by atomic mass is 127. The van der Waals surface area contributed by atoms with Gasteiger partial charge in [-0.15, -0.1) is 0 Å². The van der Waals surface area contributed by atoms with Gasteiger partial charge in [-0.25, -0.2) is 0 Å². The monoisotopic (exact) mass is 273 g/mol. The fourth-order valence-electron chi connectivity index (χ4n) is 1.45. The molecule has 12 heavy (non-hydrogen) atoms. The van der Waals surface area contributed by atoms with Crippen molar-refractivity contribution in [3.8, 4) is 0 Å². The molecule has 3 heteroatoms. The summed E-state index contributed by atoms with van der Waals surface area (Å²) in [5.74, 6) is 0.204. The van der Waals surface area contributed by atoms with E-state index >= 15 is 0 Å². The molecule has 1 aliphatic heterocycles. The van der Waals surface area contributed by atoms with Gasteiger partial charge in [0, 0.05) is 0 Å². The maximum atomic E-state index is 11.5. The van der Waals surface area contributed by atoms with Crippen LogP contribution in [0.3, 0.4) is 0 Å². The van der Waals surface area contributed by atoms with E-state index in [0.717, 1.165) is 11.3 Å². The van der Waals surface area contributed by atoms with Crippen molar-refractivity contribution in [2.75, 3.05) is 3.11 Å². The van der Waals surface area contributed by atoms with Crippen molar-refractivity contribution >= 4 is 34.5 Å². The van der Waals surface area contributed by atoms with E-state index in [1.54, 1.807) is 3.11 Å². The fraction of sp³-hybridized carbons (Fsp3) is 0.222. The zero-order valence-corrected chi connectivity index (χ0v) is 8.78. The molecule has 1 amide bonds. The van der Waals surface area contributed by atoms with Gasteiger partial charge in [0.2, 0.25) is 5.91 Å². The lowest BCUT2D eigenvalue weighted by Gasteiger charge is -2.05. The Hall–Kier alpha value is -0.580. The van der Waals surface area contributed by atoms with Crippen LogP contribution in [0.5, 0.6) is 0 Å². The number of hydrogen-bond donors (Lipinski definition) is 0. The number of benzene rings is 1. The molecule has 1 aromatic carbocycles. The van der Waals surface area contributed by atoms with Crippen molar-refractivity contribution in [1.82, 2.24) is 0 Å². The number of fused-ring (bicyclic) bond motifs is 1. The Bertz CT molecular complexity index is 306. The van der Waals surface area contributed by atoms with E-state index in [2.05, 4.69) is 0 Å². The van der Waals surface area contributed by atoms with Crippen molar-refractivity contribution < 1.29 is 4.79 Å². The molecule has 0 saturated carbocycles. The number of para-hydroxylation sites is 1. The smallest absolute Gasteiger partial charge is 0.243 e. The first-order valence-corrected chi connectivity index (χ1v) is 4.77. The Balaban J connectivity index is 2.59. The molecule has 0 fully saturated rings. The summed E-state index contributed by atoms with van der Waals surface area (Å²) in [7, 11) is 0. The number of anilines is 1. The summed E-state index contributed by atoms with van der Waals surface area (Å²) in [5.41, 5.74) is 2.17. The van der Waals surface area contributed by atoms with Gasteiger partial charge < -0.3 is 0 Å². The van der Waals surface area contributed by atoms with Crippen LogP contribution in [0.25, 0.3) is 0 Å². The molecule has 2 rings (SSSR count). The number of carbonyl (C=O) groups is 1. The van der Waals surface area contributed by atoms with Gasteiger partial charge in [0.05, 0.1) is 34.5 Å². The van der Waals surface area contributed by atoms with E-state index in [1.165, 1.54) is 0 Å². The fourth-order valence-corrected chi connectivity index (χ4v) is 2.31. The van der Waals surface area contributed by atoms with Crippen molar-refractivity contribution in [3.63, 3.8) is 0 Å². The minimum atomic E-state index is 0.0260. The highest BCUT2D eigenvalue weighted by molar-refractivity contribution is 14.1. The van der Waals surface area contributed by atoms with Crippen molar-refractivity contribution in [2.24, 2.45) is 0 Å². The second-order valence-electron chi connectivity index (χ2n) is 2.90. The van der Waals surface area contributed by atoms with Crippen LogP contribution < -0.4 is 3.11 Å². The highest BCUT2D eigenvalue weighted by Crippen LogP contribution is 2.38. The number of halogens is 1. The molecule has 1 unspecified atom stereocenters. The average Bonchev–Trinajstić information content (AvgIpc) is 2.33. The molecule has 0 N–H and O–H groups in total. The van der Waals surface area contributed by atoms with E-state index in [1.807, 2.05) is 54.1 Å². The van der Waals surface area contributed by atoms with Crippen LogP contribution in [0.4, 0.5) is 5.69 Å². The van der Waals surface area contributed by atoms with Gasteiger partial charge in [0.1, 0.15) is 0 Å². The SMILES string of the molecule is CC1C(=O)N(I)c2ccccc21. The summed E-state index contributed by atoms with van der Waals surface area (Å²) in [4.78, 5) is 11.5. The van der Waals surface area contributed by atoms with E-state index in [-0.39, 0.29) is 11.8 Å². The van der Waals surface area contributed by atoms with Gasteiger partial charge in [0.25, 0.3) is 0 Å². The molecular weight excluding hydrogens is 265 g/mol. The first kappa shape index (κ1) is 8.04. The number of hydrogen-bond acceptors (Lipinski definition) is 1. The van der Waals surface area contributed by atoms with E-state index in [9.17, 15) is 4.79 Å². The lowest BCUT2D eigenvalue weighted by atomic mass is 10.0. The largest absolute Gasteiger partial charge is 0.273 e. The van der Waals surface area contributed by atoms with Crippen LogP contribution in [-0.4, -0.2) is 5.91 Å². The zero-order chi connectivity index (χ0) is 8.72. The van der Waals surface area contributed by atoms with Crippen LogP contribution in [0, 0.1) is 0 Å². The number of rotatable bonds is 0. The van der Waals surface area contributed by atoms with Gasteiger partial charge in [0.15, 0.2) is 0 Å². The second kappa shape index (κ2) is 2.73. The first-order valence-electron chi connectivity index (χ1n) is 3.80. The molecule has 0 spiro atoms. The molecule has 1 aliphatic rings. The van der Waals surface area contributed by atoms with Gasteiger partial charge in [-0.05, 0) is 18.6 Å². The Morgan fingerprint density at radius 1 is 1.42 bits per heavy atom. The van der Waals surface area contributed by atoms with E-state index in [4.69, 9.17) is 0 Å². The summed E-state index contributed by atoms with van der Waals surface area (Å²) in [6.45, 7) is 1.94. The Labute approximate surface area is 85.1 Å². The minimum absolute atomic E-state index is 0.0260. The van der Waals surface area contributed by atoms with E-state index < -0.39 is 0 Å². The predicted octanol–water partition coefficient (Wildman–Crippen LogP) is 2.49. The molecular formula is C9H8INO. The number of amides is 1. The third-order valence-electron chi connectivity index (χ3n) is 2.18. The summed E-state index contributed by atoms with van der Waals surface area (Å²) in [6.07, 6.45) is 0. The Morgan fingerprint density at radius 3 is 2.75 bits per heavy atom. The molecule has 2 nitrogen and oxygen atoms in total. The summed E-state index contributed by atoms with van der Waals surface area (Å²) in [5, 5.41) is 0. The number of nitrogens with zero attached hydrogens (tertiary/aromatic N) is 1. The van der Waals surface area contributed by atoms with Crippen molar-refractivity contribution in [2.45, 2.75) is 12.8 Å². The molecule has 0 aromatic heterocycles. The van der Waals surface area contributed by atoms with Gasteiger partial charge >= 0.3 is 0 Å². The Morgan fingerprint density at radius 2 is 2.08 bits per heavy atom. The predicted molar refractivity (Wildman–Crippen MR) is 56.4 cm³/mol. The molecule has 0 saturated heterocycles. The number of carbonyl (C=O) groups excluding carboxylic acids is 1. The van der Waals surface area contributed by atoms with Crippen LogP contribution in [0.1, 0.15) is 18.4 Å². The molecule has 62 valence electrons. The van der Waals surface area contributed by atoms with Gasteiger partial charge in [-0.2, -0.15) is 0 Å².